The number of hydrogen-bond acceptors (Lipinski definition) is 4. The van der Waals surface area contributed by atoms with E-state index in [1.807, 2.05) is 0 Å². The molecule has 0 rings (SSSR count). The fraction of sp³-hybridized carbons (Fsp3) is 0.727. The average Bonchev–Trinajstić information content (AvgIpc) is 2.08. The van der Waals surface area contributed by atoms with Crippen molar-refractivity contribution in [2.24, 2.45) is 0 Å². The van der Waals surface area contributed by atoms with Crippen LogP contribution < -0.4 is 5.32 Å². The van der Waals surface area contributed by atoms with E-state index in [2.05, 4.69) is 11.9 Å². The molecule has 0 aliphatic heterocycles. The minimum atomic E-state index is -4.65. The van der Waals surface area contributed by atoms with E-state index in [4.69, 9.17) is 4.74 Å². The minimum absolute atomic E-state index is 0.284. The number of nitrogens with one attached hydrogen (secondary N) is 1. The molecular weight excluding hydrogens is 261 g/mol. The topological polar surface area (TPSA) is 72.5 Å². The first-order valence-corrected chi connectivity index (χ1v) is 7.11. The zero-order chi connectivity index (χ0) is 14.4. The second-order valence-electron chi connectivity index (χ2n) is 4.91. The van der Waals surface area contributed by atoms with Crippen LogP contribution in [0.15, 0.2) is 12.7 Å². The number of carbonyl (C=O) groups excluding carboxylic acids is 1. The zero-order valence-electron chi connectivity index (χ0n) is 10.9. The molecule has 0 aliphatic rings. The van der Waals surface area contributed by atoms with Crippen LogP contribution in [0.3, 0.4) is 0 Å². The Labute approximate surface area is 108 Å². The summed E-state index contributed by atoms with van der Waals surface area (Å²) in [6.45, 7) is 8.51. The summed E-state index contributed by atoms with van der Waals surface area (Å²) < 4.78 is 38.8. The molecule has 1 N–H and O–H groups in total. The van der Waals surface area contributed by atoms with Crippen molar-refractivity contribution in [3.8, 4) is 0 Å². The highest BCUT2D eigenvalue weighted by Crippen LogP contribution is 2.09. The molecule has 0 radical (unpaired) electrons. The Morgan fingerprint density at radius 2 is 2.06 bits per heavy atom. The summed E-state index contributed by atoms with van der Waals surface area (Å²) in [6.07, 6.45) is 1.55. The number of carbonyl (C=O) groups is 1. The molecule has 0 spiro atoms. The number of rotatable bonds is 6. The molecule has 7 heteroatoms. The quantitative estimate of drug-likeness (QED) is 0.598. The highest BCUT2D eigenvalue weighted by atomic mass is 32.3. The van der Waals surface area contributed by atoms with E-state index in [0.717, 1.165) is 0 Å². The van der Waals surface area contributed by atoms with Crippen LogP contribution in [-0.2, 0) is 15.0 Å². The van der Waals surface area contributed by atoms with Gasteiger partial charge in [0.2, 0.25) is 0 Å². The Morgan fingerprint density at radius 3 is 2.44 bits per heavy atom. The van der Waals surface area contributed by atoms with Gasteiger partial charge < -0.3 is 10.1 Å². The number of hydrogen-bond donors (Lipinski definition) is 1. The van der Waals surface area contributed by atoms with E-state index in [0.29, 0.717) is 6.42 Å². The zero-order valence-corrected chi connectivity index (χ0v) is 11.7. The third-order valence-electron chi connectivity index (χ3n) is 1.84. The van der Waals surface area contributed by atoms with Gasteiger partial charge in [0.25, 0.3) is 0 Å². The molecule has 5 nitrogen and oxygen atoms in total. The Balaban J connectivity index is 4.49. The Hall–Kier alpha value is -1.11. The number of allylic oxidation sites excluding steroid dienone is 1. The summed E-state index contributed by atoms with van der Waals surface area (Å²) in [4.78, 5) is 11.4. The molecule has 0 aromatic heterocycles. The van der Waals surface area contributed by atoms with E-state index in [-0.39, 0.29) is 6.42 Å². The van der Waals surface area contributed by atoms with E-state index >= 15 is 0 Å². The highest BCUT2D eigenvalue weighted by molar-refractivity contribution is 7.86. The maximum atomic E-state index is 12.6. The van der Waals surface area contributed by atoms with Crippen LogP contribution in [0.5, 0.6) is 0 Å². The van der Waals surface area contributed by atoms with Crippen molar-refractivity contribution in [1.29, 1.82) is 0 Å². The third-order valence-corrected chi connectivity index (χ3v) is 2.64. The van der Waals surface area contributed by atoms with E-state index in [9.17, 15) is 17.1 Å². The third kappa shape index (κ3) is 10.1. The van der Waals surface area contributed by atoms with Crippen molar-refractivity contribution < 1.29 is 21.8 Å². The SMILES string of the molecule is C=CCCC(CS(=O)(=O)F)NC(=O)OC(C)(C)C. The van der Waals surface area contributed by atoms with Crippen molar-refractivity contribution in [1.82, 2.24) is 5.32 Å². The first-order chi connectivity index (χ1) is 8.03. The van der Waals surface area contributed by atoms with Gasteiger partial charge >= 0.3 is 16.3 Å². The molecule has 0 heterocycles. The normalized spacial score (nSPS) is 13.8. The average molecular weight is 281 g/mol. The van der Waals surface area contributed by atoms with Gasteiger partial charge in [0, 0.05) is 6.04 Å². The molecule has 0 saturated carbocycles. The van der Waals surface area contributed by atoms with Crippen LogP contribution in [-0.4, -0.2) is 31.9 Å². The fourth-order valence-corrected chi connectivity index (χ4v) is 1.96. The van der Waals surface area contributed by atoms with E-state index in [1.165, 1.54) is 0 Å². The monoisotopic (exact) mass is 281 g/mol. The van der Waals surface area contributed by atoms with Crippen LogP contribution in [0.2, 0.25) is 0 Å². The van der Waals surface area contributed by atoms with Crippen LogP contribution in [0.4, 0.5) is 8.68 Å². The summed E-state index contributed by atoms with van der Waals surface area (Å²) in [5.74, 6) is -0.764. The summed E-state index contributed by atoms with van der Waals surface area (Å²) in [5, 5.41) is 2.34. The van der Waals surface area contributed by atoms with Crippen molar-refractivity contribution in [2.75, 3.05) is 5.75 Å². The van der Waals surface area contributed by atoms with Crippen LogP contribution in [0.1, 0.15) is 33.6 Å². The van der Waals surface area contributed by atoms with Gasteiger partial charge in [-0.15, -0.1) is 10.5 Å². The molecule has 1 amide bonds. The molecule has 0 aromatic carbocycles. The van der Waals surface area contributed by atoms with E-state index in [1.54, 1.807) is 26.8 Å². The number of halogens is 1. The van der Waals surface area contributed by atoms with Crippen LogP contribution >= 0.6 is 0 Å². The molecule has 106 valence electrons. The van der Waals surface area contributed by atoms with Gasteiger partial charge in [0.05, 0.1) is 0 Å². The number of ether oxygens (including phenoxy) is 1. The van der Waals surface area contributed by atoms with Crippen molar-refractivity contribution in [2.45, 2.75) is 45.3 Å². The van der Waals surface area contributed by atoms with Gasteiger partial charge in [-0.2, -0.15) is 8.42 Å². The lowest BCUT2D eigenvalue weighted by atomic mass is 10.2. The van der Waals surface area contributed by atoms with E-state index < -0.39 is 33.7 Å². The van der Waals surface area contributed by atoms with Gasteiger partial charge in [0.15, 0.2) is 0 Å². The molecule has 0 aliphatic carbocycles. The minimum Gasteiger partial charge on any atom is -0.444 e. The summed E-state index contributed by atoms with van der Waals surface area (Å²) in [5.41, 5.74) is -0.693. The Bertz CT molecular complexity index is 386. The molecule has 1 atom stereocenters. The lowest BCUT2D eigenvalue weighted by Gasteiger charge is -2.22. The van der Waals surface area contributed by atoms with Crippen molar-refractivity contribution in [3.05, 3.63) is 12.7 Å². The second kappa shape index (κ2) is 6.72. The number of amides is 1. The Morgan fingerprint density at radius 1 is 1.50 bits per heavy atom. The molecule has 1 unspecified atom stereocenters. The standard InChI is InChI=1S/C11H20FNO4S/c1-5-6-7-9(8-18(12,15)16)13-10(14)17-11(2,3)4/h5,9H,1,6-8H2,2-4H3,(H,13,14). The first kappa shape index (κ1) is 16.9. The predicted molar refractivity (Wildman–Crippen MR) is 67.5 cm³/mol. The van der Waals surface area contributed by atoms with Gasteiger partial charge in [0.1, 0.15) is 11.4 Å². The number of alkyl carbamates (subject to hydrolysis) is 1. The molecule has 0 saturated heterocycles. The molecule has 0 aromatic rings. The van der Waals surface area contributed by atoms with Crippen LogP contribution in [0.25, 0.3) is 0 Å². The Kier molecular flexibility index (Phi) is 6.31. The lowest BCUT2D eigenvalue weighted by Crippen LogP contribution is -2.42. The van der Waals surface area contributed by atoms with Gasteiger partial charge in [-0.05, 0) is 33.6 Å². The van der Waals surface area contributed by atoms with Crippen LogP contribution in [0, 0.1) is 0 Å². The fourth-order valence-electron chi connectivity index (χ4n) is 1.23. The molecule has 0 fully saturated rings. The molecular formula is C11H20FNO4S. The smallest absolute Gasteiger partial charge is 0.407 e. The summed E-state index contributed by atoms with van der Waals surface area (Å²) in [6, 6.07) is -0.826. The maximum absolute atomic E-state index is 12.6. The second-order valence-corrected chi connectivity index (χ2v) is 6.33. The van der Waals surface area contributed by atoms with Crippen molar-refractivity contribution >= 4 is 16.3 Å². The highest BCUT2D eigenvalue weighted by Gasteiger charge is 2.23. The predicted octanol–water partition coefficient (Wildman–Crippen LogP) is 2.15. The largest absolute Gasteiger partial charge is 0.444 e. The van der Waals surface area contributed by atoms with Gasteiger partial charge in [-0.3, -0.25) is 0 Å². The molecule has 18 heavy (non-hydrogen) atoms. The maximum Gasteiger partial charge on any atom is 0.407 e. The first-order valence-electron chi connectivity index (χ1n) is 5.56. The van der Waals surface area contributed by atoms with Gasteiger partial charge in [-0.25, -0.2) is 4.79 Å². The van der Waals surface area contributed by atoms with Crippen molar-refractivity contribution in [3.63, 3.8) is 0 Å². The summed E-state index contributed by atoms with van der Waals surface area (Å²) >= 11 is 0. The molecule has 0 bridgehead atoms. The summed E-state index contributed by atoms with van der Waals surface area (Å²) in [7, 11) is -4.65. The lowest BCUT2D eigenvalue weighted by molar-refractivity contribution is 0.0507. The van der Waals surface area contributed by atoms with Gasteiger partial charge in [-0.1, -0.05) is 6.08 Å².